The smallest absolute Gasteiger partial charge is 0.0169 e. The third-order valence-electron chi connectivity index (χ3n) is 2.70. The molecule has 0 saturated carbocycles. The maximum absolute atomic E-state index is 2.33. The minimum atomic E-state index is 1.11. The van der Waals surface area contributed by atoms with E-state index in [1.54, 1.807) is 0 Å². The lowest BCUT2D eigenvalue weighted by atomic mass is 10.1. The van der Waals surface area contributed by atoms with Crippen LogP contribution in [0.15, 0.2) is 24.3 Å². The molecule has 0 saturated heterocycles. The Morgan fingerprint density at radius 3 is 2.14 bits per heavy atom. The first-order chi connectivity index (χ1) is 7.00. The topological polar surface area (TPSA) is 0 Å². The van der Waals surface area contributed by atoms with E-state index in [4.69, 9.17) is 0 Å². The van der Waals surface area contributed by atoms with Gasteiger partial charge in [0.15, 0.2) is 0 Å². The van der Waals surface area contributed by atoms with Crippen LogP contribution in [0.3, 0.4) is 0 Å². The molecule has 0 aliphatic heterocycles. The molecule has 79 valence electrons. The fourth-order valence-corrected chi connectivity index (χ4v) is 1.80. The Kier molecular flexibility index (Phi) is 7.47. The normalized spacial score (nSPS) is 21.7. The molecule has 0 fully saturated rings. The fraction of sp³-hybridized carbons (Fsp3) is 0.643. The Morgan fingerprint density at radius 1 is 0.571 bits per heavy atom. The molecule has 0 heteroatoms. The first-order valence-corrected chi connectivity index (χ1v) is 6.13. The molecule has 0 atom stereocenters. The molecule has 0 nitrogen and oxygen atoms in total. The van der Waals surface area contributed by atoms with E-state index in [-0.39, 0.29) is 0 Å². The monoisotopic (exact) mass is 191 g/mol. The molecule has 0 amide bonds. The van der Waals surface area contributed by atoms with Gasteiger partial charge in [0.25, 0.3) is 0 Å². The van der Waals surface area contributed by atoms with Gasteiger partial charge in [0.05, 0.1) is 0 Å². The van der Waals surface area contributed by atoms with Crippen molar-refractivity contribution in [2.45, 2.75) is 57.8 Å². The Morgan fingerprint density at radius 2 is 1.29 bits per heavy atom. The molecule has 1 rings (SSSR count). The predicted molar refractivity (Wildman–Crippen MR) is 64.1 cm³/mol. The van der Waals surface area contributed by atoms with Gasteiger partial charge >= 0.3 is 0 Å². The zero-order chi connectivity index (χ0) is 9.90. The van der Waals surface area contributed by atoms with E-state index in [0.29, 0.717) is 0 Å². The fourth-order valence-electron chi connectivity index (χ4n) is 1.80. The van der Waals surface area contributed by atoms with Crippen LogP contribution in [-0.4, -0.2) is 0 Å². The van der Waals surface area contributed by atoms with Gasteiger partial charge in [-0.25, -0.2) is 0 Å². The molecule has 0 N–H and O–H groups in total. The van der Waals surface area contributed by atoms with Crippen LogP contribution in [0.2, 0.25) is 0 Å². The standard InChI is InChI=1S/C14H23/c1-2-4-6-8-10-12-14-13-11-9-7-5-3-1/h1-3,6,8H,4-5,7,9-14H2. The lowest BCUT2D eigenvalue weighted by molar-refractivity contribution is 0.596. The first-order valence-electron chi connectivity index (χ1n) is 6.13. The number of rotatable bonds is 0. The van der Waals surface area contributed by atoms with Gasteiger partial charge in [-0.15, -0.1) is 0 Å². The lowest BCUT2D eigenvalue weighted by Gasteiger charge is -2.00. The first kappa shape index (κ1) is 11.6. The van der Waals surface area contributed by atoms with E-state index in [1.807, 2.05) is 0 Å². The second kappa shape index (κ2) is 9.05. The van der Waals surface area contributed by atoms with Crippen LogP contribution in [0.4, 0.5) is 0 Å². The third kappa shape index (κ3) is 6.94. The Bertz CT molecular complexity index is 147. The Hall–Kier alpha value is -0.520. The van der Waals surface area contributed by atoms with Crippen LogP contribution in [0.5, 0.6) is 0 Å². The highest BCUT2D eigenvalue weighted by molar-refractivity contribution is 4.99. The molecule has 0 bridgehead atoms. The zero-order valence-electron chi connectivity index (χ0n) is 9.25. The van der Waals surface area contributed by atoms with E-state index in [9.17, 15) is 0 Å². The molecule has 0 spiro atoms. The summed E-state index contributed by atoms with van der Waals surface area (Å²) >= 11 is 0. The second-order valence-electron chi connectivity index (χ2n) is 4.07. The minimum Gasteiger partial charge on any atom is -0.0882 e. The van der Waals surface area contributed by atoms with Crippen LogP contribution in [0.1, 0.15) is 57.8 Å². The van der Waals surface area contributed by atoms with Crippen LogP contribution in [0, 0.1) is 6.42 Å². The quantitative estimate of drug-likeness (QED) is 0.481. The number of hydrogen-bond donors (Lipinski definition) is 0. The summed E-state index contributed by atoms with van der Waals surface area (Å²) in [7, 11) is 0. The van der Waals surface area contributed by atoms with E-state index in [2.05, 4.69) is 30.7 Å². The molecular formula is C14H23. The molecule has 1 aliphatic rings. The van der Waals surface area contributed by atoms with Crippen molar-refractivity contribution in [3.05, 3.63) is 30.7 Å². The number of allylic oxidation sites excluding steroid dienone is 4. The van der Waals surface area contributed by atoms with Crippen LogP contribution >= 0.6 is 0 Å². The summed E-state index contributed by atoms with van der Waals surface area (Å²) in [5.41, 5.74) is 0. The zero-order valence-corrected chi connectivity index (χ0v) is 9.25. The van der Waals surface area contributed by atoms with Gasteiger partial charge in [0, 0.05) is 0 Å². The van der Waals surface area contributed by atoms with Gasteiger partial charge in [-0.05, 0) is 32.1 Å². The Labute approximate surface area is 89.1 Å². The Balaban J connectivity index is 2.17. The van der Waals surface area contributed by atoms with Crippen molar-refractivity contribution in [1.29, 1.82) is 0 Å². The van der Waals surface area contributed by atoms with Gasteiger partial charge in [-0.1, -0.05) is 56.4 Å². The molecule has 0 aromatic heterocycles. The summed E-state index contributed by atoms with van der Waals surface area (Å²) in [4.78, 5) is 0. The predicted octanol–water partition coefficient (Wildman–Crippen LogP) is 4.83. The van der Waals surface area contributed by atoms with Crippen LogP contribution in [0.25, 0.3) is 0 Å². The van der Waals surface area contributed by atoms with Gasteiger partial charge in [0.2, 0.25) is 0 Å². The lowest BCUT2D eigenvalue weighted by Crippen LogP contribution is -1.81. The van der Waals surface area contributed by atoms with Crippen molar-refractivity contribution in [3.8, 4) is 0 Å². The van der Waals surface area contributed by atoms with E-state index >= 15 is 0 Å². The molecular weight excluding hydrogens is 168 g/mol. The molecule has 1 radical (unpaired) electrons. The van der Waals surface area contributed by atoms with Crippen molar-refractivity contribution in [3.63, 3.8) is 0 Å². The third-order valence-corrected chi connectivity index (χ3v) is 2.70. The average molecular weight is 191 g/mol. The largest absolute Gasteiger partial charge is 0.0882 e. The summed E-state index contributed by atoms with van der Waals surface area (Å²) in [5.74, 6) is 0. The summed E-state index contributed by atoms with van der Waals surface area (Å²) < 4.78 is 0. The minimum absolute atomic E-state index is 1.11. The molecule has 14 heavy (non-hydrogen) atoms. The van der Waals surface area contributed by atoms with E-state index < -0.39 is 0 Å². The van der Waals surface area contributed by atoms with E-state index in [0.717, 1.165) is 6.42 Å². The molecule has 0 aromatic carbocycles. The van der Waals surface area contributed by atoms with Crippen molar-refractivity contribution in [2.24, 2.45) is 0 Å². The van der Waals surface area contributed by atoms with Crippen molar-refractivity contribution < 1.29 is 0 Å². The maximum Gasteiger partial charge on any atom is -0.0169 e. The highest BCUT2D eigenvalue weighted by atomic mass is 14.0. The molecule has 0 heterocycles. The van der Waals surface area contributed by atoms with Crippen LogP contribution in [-0.2, 0) is 0 Å². The summed E-state index contributed by atoms with van der Waals surface area (Å²) in [6.45, 7) is 0. The molecule has 1 aliphatic carbocycles. The second-order valence-corrected chi connectivity index (χ2v) is 4.07. The highest BCUT2D eigenvalue weighted by Gasteiger charge is 1.91. The van der Waals surface area contributed by atoms with Crippen molar-refractivity contribution in [2.75, 3.05) is 0 Å². The SMILES string of the molecule is [CH]1C=CCC=CCCCCCCCC1. The van der Waals surface area contributed by atoms with Gasteiger partial charge in [-0.3, -0.25) is 0 Å². The summed E-state index contributed by atoms with van der Waals surface area (Å²) in [6, 6.07) is 0. The van der Waals surface area contributed by atoms with E-state index in [1.165, 1.54) is 51.4 Å². The molecule has 0 unspecified atom stereocenters. The average Bonchev–Trinajstić information content (AvgIpc) is 2.22. The maximum atomic E-state index is 2.33. The number of hydrogen-bond acceptors (Lipinski definition) is 0. The van der Waals surface area contributed by atoms with Gasteiger partial charge < -0.3 is 0 Å². The summed E-state index contributed by atoms with van der Waals surface area (Å²) in [6.07, 6.45) is 23.5. The van der Waals surface area contributed by atoms with Gasteiger partial charge in [0.1, 0.15) is 0 Å². The van der Waals surface area contributed by atoms with Gasteiger partial charge in [-0.2, -0.15) is 0 Å². The highest BCUT2D eigenvalue weighted by Crippen LogP contribution is 2.10. The van der Waals surface area contributed by atoms with Crippen molar-refractivity contribution in [1.82, 2.24) is 0 Å². The molecule has 0 aromatic rings. The summed E-state index contributed by atoms with van der Waals surface area (Å²) in [5, 5.41) is 0. The van der Waals surface area contributed by atoms with Crippen molar-refractivity contribution >= 4 is 0 Å². The van der Waals surface area contributed by atoms with Crippen LogP contribution < -0.4 is 0 Å².